The minimum absolute atomic E-state index is 0.0697. The molecule has 2 aromatic heterocycles. The molecule has 7 nitrogen and oxygen atoms in total. The molecule has 0 aromatic carbocycles. The molecule has 1 aliphatic heterocycles. The number of rotatable bonds is 7. The van der Waals surface area contributed by atoms with E-state index in [4.69, 9.17) is 0 Å². The number of carbonyl (C=O) groups is 1. The van der Waals surface area contributed by atoms with Gasteiger partial charge in [-0.3, -0.25) is 4.79 Å². The first kappa shape index (κ1) is 21.2. The van der Waals surface area contributed by atoms with E-state index < -0.39 is 9.84 Å². The second-order valence-electron chi connectivity index (χ2n) is 8.22. The van der Waals surface area contributed by atoms with Gasteiger partial charge >= 0.3 is 0 Å². The van der Waals surface area contributed by atoms with E-state index in [2.05, 4.69) is 26.7 Å². The lowest BCUT2D eigenvalue weighted by Gasteiger charge is -2.13. The molecule has 4 rings (SSSR count). The van der Waals surface area contributed by atoms with Gasteiger partial charge in [-0.05, 0) is 56.9 Å². The number of aryl methyl sites for hydroxylation is 1. The standard InChI is InChI=1S/C21H28N4O3S2/c1-14-17-19(23-11-16-8-10-30(27,28)12-16)24-13-25-21(17)29-18(14)20(26)22-9-7-15-5-3-2-4-6-15/h5,13,16H,2-4,6-12H2,1H3,(H,22,26)(H,23,24,25)/t16-/m1/s1. The highest BCUT2D eigenvalue weighted by Crippen LogP contribution is 2.33. The number of aromatic nitrogens is 2. The predicted molar refractivity (Wildman–Crippen MR) is 121 cm³/mol. The largest absolute Gasteiger partial charge is 0.369 e. The van der Waals surface area contributed by atoms with Crippen LogP contribution in [-0.2, 0) is 9.84 Å². The molecule has 0 spiro atoms. The zero-order chi connectivity index (χ0) is 21.1. The van der Waals surface area contributed by atoms with E-state index in [0.717, 1.165) is 35.0 Å². The molecule has 3 heterocycles. The number of hydrogen-bond acceptors (Lipinski definition) is 7. The smallest absolute Gasteiger partial charge is 0.261 e. The highest BCUT2D eigenvalue weighted by molar-refractivity contribution is 7.91. The molecule has 9 heteroatoms. The van der Waals surface area contributed by atoms with Crippen LogP contribution in [0.4, 0.5) is 5.82 Å². The molecule has 1 fully saturated rings. The summed E-state index contributed by atoms with van der Waals surface area (Å²) in [6.45, 7) is 3.12. The molecule has 1 saturated heterocycles. The van der Waals surface area contributed by atoms with Gasteiger partial charge in [-0.25, -0.2) is 18.4 Å². The zero-order valence-electron chi connectivity index (χ0n) is 17.2. The average molecular weight is 449 g/mol. The van der Waals surface area contributed by atoms with E-state index >= 15 is 0 Å². The topological polar surface area (TPSA) is 101 Å². The van der Waals surface area contributed by atoms with Crippen molar-refractivity contribution in [1.29, 1.82) is 0 Å². The van der Waals surface area contributed by atoms with Gasteiger partial charge in [-0.2, -0.15) is 0 Å². The van der Waals surface area contributed by atoms with Crippen molar-refractivity contribution in [2.24, 2.45) is 5.92 Å². The maximum absolute atomic E-state index is 12.8. The third-order valence-corrected chi connectivity index (χ3v) is 8.97. The Morgan fingerprint density at radius 1 is 1.30 bits per heavy atom. The van der Waals surface area contributed by atoms with Gasteiger partial charge in [-0.1, -0.05) is 11.6 Å². The molecule has 0 unspecified atom stereocenters. The van der Waals surface area contributed by atoms with E-state index in [9.17, 15) is 13.2 Å². The van der Waals surface area contributed by atoms with Gasteiger partial charge in [0.1, 0.15) is 17.0 Å². The number of anilines is 1. The van der Waals surface area contributed by atoms with Gasteiger partial charge in [0.05, 0.1) is 21.8 Å². The lowest BCUT2D eigenvalue weighted by atomic mass is 9.97. The molecular weight excluding hydrogens is 420 g/mol. The Hall–Kier alpha value is -2.00. The number of amides is 1. The highest BCUT2D eigenvalue weighted by Gasteiger charge is 2.28. The summed E-state index contributed by atoms with van der Waals surface area (Å²) >= 11 is 1.38. The van der Waals surface area contributed by atoms with E-state index in [-0.39, 0.29) is 23.3 Å². The first-order valence-corrected chi connectivity index (χ1v) is 13.2. The second kappa shape index (κ2) is 9.01. The fraction of sp³-hybridized carbons (Fsp3) is 0.571. The number of fused-ring (bicyclic) bond motifs is 1. The third kappa shape index (κ3) is 4.83. The molecular formula is C21H28N4O3S2. The molecule has 2 N–H and O–H groups in total. The van der Waals surface area contributed by atoms with Crippen LogP contribution in [0, 0.1) is 12.8 Å². The van der Waals surface area contributed by atoms with E-state index in [1.165, 1.54) is 36.1 Å². The van der Waals surface area contributed by atoms with Crippen LogP contribution in [0.15, 0.2) is 18.0 Å². The van der Waals surface area contributed by atoms with Gasteiger partial charge in [-0.15, -0.1) is 11.3 Å². The van der Waals surface area contributed by atoms with Crippen molar-refractivity contribution < 1.29 is 13.2 Å². The molecule has 2 aliphatic rings. The summed E-state index contributed by atoms with van der Waals surface area (Å²) in [5, 5.41) is 7.20. The Balaban J connectivity index is 1.43. The first-order valence-electron chi connectivity index (χ1n) is 10.6. The number of hydrogen-bond donors (Lipinski definition) is 2. The first-order chi connectivity index (χ1) is 14.4. The molecule has 1 amide bonds. The zero-order valence-corrected chi connectivity index (χ0v) is 18.9. The summed E-state index contributed by atoms with van der Waals surface area (Å²) in [5.74, 6) is 1.18. The van der Waals surface area contributed by atoms with Crippen LogP contribution in [0.3, 0.4) is 0 Å². The fourth-order valence-electron chi connectivity index (χ4n) is 4.24. The monoisotopic (exact) mass is 448 g/mol. The summed E-state index contributed by atoms with van der Waals surface area (Å²) in [5.41, 5.74) is 2.31. The summed E-state index contributed by atoms with van der Waals surface area (Å²) < 4.78 is 23.4. The normalized spacial score (nSPS) is 20.8. The van der Waals surface area contributed by atoms with E-state index in [1.54, 1.807) is 0 Å². The quantitative estimate of drug-likeness (QED) is 0.629. The van der Waals surface area contributed by atoms with Crippen LogP contribution in [0.1, 0.15) is 53.8 Å². The van der Waals surface area contributed by atoms with Crippen LogP contribution in [0.25, 0.3) is 10.2 Å². The molecule has 1 atom stereocenters. The van der Waals surface area contributed by atoms with Gasteiger partial charge in [0, 0.05) is 13.1 Å². The van der Waals surface area contributed by atoms with Crippen molar-refractivity contribution >= 4 is 43.1 Å². The molecule has 2 aromatic rings. The number of carbonyl (C=O) groups excluding carboxylic acids is 1. The fourth-order valence-corrected chi connectivity index (χ4v) is 7.17. The number of sulfone groups is 1. The van der Waals surface area contributed by atoms with Crippen molar-refractivity contribution in [3.8, 4) is 0 Å². The maximum atomic E-state index is 12.8. The highest BCUT2D eigenvalue weighted by atomic mass is 32.2. The Bertz CT molecular complexity index is 1080. The minimum Gasteiger partial charge on any atom is -0.369 e. The van der Waals surface area contributed by atoms with E-state index in [0.29, 0.717) is 30.2 Å². The Morgan fingerprint density at radius 2 is 2.17 bits per heavy atom. The minimum atomic E-state index is -2.90. The molecule has 0 bridgehead atoms. The van der Waals surface area contributed by atoms with Crippen LogP contribution in [-0.4, -0.2) is 48.9 Å². The molecule has 0 saturated carbocycles. The number of nitrogens with zero attached hydrogens (tertiary/aromatic N) is 2. The molecule has 162 valence electrons. The summed E-state index contributed by atoms with van der Waals surface area (Å²) in [6.07, 6.45) is 10.2. The van der Waals surface area contributed by atoms with Gasteiger partial charge in [0.2, 0.25) is 0 Å². The van der Waals surface area contributed by atoms with Crippen molar-refractivity contribution in [1.82, 2.24) is 15.3 Å². The molecule has 1 aliphatic carbocycles. The Labute approximate surface area is 181 Å². The summed E-state index contributed by atoms with van der Waals surface area (Å²) in [4.78, 5) is 22.9. The predicted octanol–water partition coefficient (Wildman–Crippen LogP) is 3.47. The van der Waals surface area contributed by atoms with Gasteiger partial charge in [0.15, 0.2) is 9.84 Å². The van der Waals surface area contributed by atoms with Crippen molar-refractivity contribution in [3.05, 3.63) is 28.4 Å². The van der Waals surface area contributed by atoms with Gasteiger partial charge < -0.3 is 10.6 Å². The van der Waals surface area contributed by atoms with Crippen molar-refractivity contribution in [3.63, 3.8) is 0 Å². The molecule has 0 radical (unpaired) electrons. The lowest BCUT2D eigenvalue weighted by Crippen LogP contribution is -2.24. The van der Waals surface area contributed by atoms with Crippen molar-refractivity contribution in [2.45, 2.75) is 45.4 Å². The lowest BCUT2D eigenvalue weighted by molar-refractivity contribution is 0.0957. The maximum Gasteiger partial charge on any atom is 0.261 e. The summed E-state index contributed by atoms with van der Waals surface area (Å²) in [6, 6.07) is 0. The molecule has 30 heavy (non-hydrogen) atoms. The van der Waals surface area contributed by atoms with E-state index in [1.807, 2.05) is 6.92 Å². The van der Waals surface area contributed by atoms with Crippen molar-refractivity contribution in [2.75, 3.05) is 29.9 Å². The van der Waals surface area contributed by atoms with Crippen LogP contribution in [0.5, 0.6) is 0 Å². The number of allylic oxidation sites excluding steroid dienone is 1. The number of nitrogens with one attached hydrogen (secondary N) is 2. The van der Waals surface area contributed by atoms with Crippen LogP contribution < -0.4 is 10.6 Å². The van der Waals surface area contributed by atoms with Gasteiger partial charge in [0.25, 0.3) is 5.91 Å². The van der Waals surface area contributed by atoms with Crippen LogP contribution >= 0.6 is 11.3 Å². The summed E-state index contributed by atoms with van der Waals surface area (Å²) in [7, 11) is -2.90. The Morgan fingerprint density at radius 3 is 2.90 bits per heavy atom. The Kier molecular flexibility index (Phi) is 6.38. The third-order valence-electron chi connectivity index (χ3n) is 5.93. The number of thiophene rings is 1. The SMILES string of the molecule is Cc1c(C(=O)NCCC2=CCCCC2)sc2ncnc(NC[C@H]3CCS(=O)(=O)C3)c12. The average Bonchev–Trinajstić information content (AvgIpc) is 3.26. The van der Waals surface area contributed by atoms with Crippen LogP contribution in [0.2, 0.25) is 0 Å². The second-order valence-corrected chi connectivity index (χ2v) is 11.5.